The number of aromatic nitrogens is 2. The van der Waals surface area contributed by atoms with Crippen molar-refractivity contribution in [2.45, 2.75) is 142 Å². The standard InChI is InChI=1S/C25H27N3O2.C18H19BrN2O2.C13H20BNO2/c1-16-13-24-20(14-23(16)27-3)21(19-5-4-6-22(26)17(19)2)15-28(24)18-7-9-25(10-8-18)29-11-12-30-25;1-12-9-17-14(10-16(12)20-2)15(19)11-21(17)13-3-5-18(6-4-13)22-7-8-23-18;1-9-10(7-6-8-11(9)15)14-16-12(2,3)13(4,5)17-14/h4-6,13-15,18H,7-12,26H2,1-2H3;9-11,13H,3-8H2,1H3;6-8H,15H2,1-5H3. The molecule has 3 saturated heterocycles. The Bertz CT molecular complexity index is 2990. The second kappa shape index (κ2) is 19.5. The van der Waals surface area contributed by atoms with E-state index in [4.69, 9.17) is 52.9 Å². The molecule has 2 aromatic heterocycles. The summed E-state index contributed by atoms with van der Waals surface area (Å²) in [6, 6.07) is 21.1. The van der Waals surface area contributed by atoms with E-state index in [1.54, 1.807) is 0 Å². The van der Waals surface area contributed by atoms with Gasteiger partial charge < -0.3 is 48.9 Å². The summed E-state index contributed by atoms with van der Waals surface area (Å²) >= 11 is 3.66. The first-order chi connectivity index (χ1) is 33.4. The molecule has 366 valence electrons. The van der Waals surface area contributed by atoms with E-state index >= 15 is 0 Å². The quantitative estimate of drug-likeness (QED) is 0.102. The van der Waals surface area contributed by atoms with Gasteiger partial charge in [-0.2, -0.15) is 0 Å². The van der Waals surface area contributed by atoms with Crippen LogP contribution in [0.2, 0.25) is 0 Å². The van der Waals surface area contributed by atoms with Crippen molar-refractivity contribution >= 4 is 73.1 Å². The van der Waals surface area contributed by atoms with Crippen LogP contribution in [-0.2, 0) is 28.3 Å². The lowest BCUT2D eigenvalue weighted by Gasteiger charge is -2.36. The van der Waals surface area contributed by atoms with Crippen LogP contribution in [0.15, 0.2) is 77.5 Å². The van der Waals surface area contributed by atoms with Crippen LogP contribution >= 0.6 is 15.9 Å². The third kappa shape index (κ3) is 9.41. The van der Waals surface area contributed by atoms with Crippen molar-refractivity contribution in [2.24, 2.45) is 0 Å². The van der Waals surface area contributed by atoms with E-state index in [1.807, 2.05) is 63.2 Å². The molecule has 6 aromatic rings. The highest BCUT2D eigenvalue weighted by Crippen LogP contribution is 2.46. The van der Waals surface area contributed by atoms with Crippen molar-refractivity contribution in [3.05, 3.63) is 123 Å². The number of aryl methyl sites for hydroxylation is 2. The van der Waals surface area contributed by atoms with Crippen LogP contribution < -0.4 is 16.9 Å². The first-order valence-corrected chi connectivity index (χ1v) is 25.5. The Labute approximate surface area is 421 Å². The smallest absolute Gasteiger partial charge is 0.399 e. The Morgan fingerprint density at radius 3 is 1.54 bits per heavy atom. The zero-order chi connectivity index (χ0) is 49.8. The number of hydrogen-bond acceptors (Lipinski definition) is 8. The van der Waals surface area contributed by atoms with Crippen LogP contribution in [0.3, 0.4) is 0 Å². The first kappa shape index (κ1) is 49.8. The maximum atomic E-state index is 7.58. The number of halogens is 1. The fraction of sp³-hybridized carbons (Fsp3) is 0.464. The molecular weight excluding hydrogens is 943 g/mol. The molecule has 0 amide bonds. The number of fused-ring (bicyclic) bond motifs is 2. The molecule has 4 aromatic carbocycles. The predicted octanol–water partition coefficient (Wildman–Crippen LogP) is 12.9. The van der Waals surface area contributed by atoms with Crippen molar-refractivity contribution < 1.29 is 28.3 Å². The number of benzene rings is 4. The van der Waals surface area contributed by atoms with Crippen molar-refractivity contribution in [1.82, 2.24) is 9.13 Å². The largest absolute Gasteiger partial charge is 0.495 e. The van der Waals surface area contributed by atoms with E-state index < -0.39 is 0 Å². The average Bonchev–Trinajstić information content (AvgIpc) is 4.17. The maximum Gasteiger partial charge on any atom is 0.495 e. The highest BCUT2D eigenvalue weighted by Gasteiger charge is 2.52. The van der Waals surface area contributed by atoms with E-state index in [2.05, 4.69) is 100.0 Å². The van der Waals surface area contributed by atoms with Gasteiger partial charge >= 0.3 is 7.12 Å². The molecule has 11 rings (SSSR count). The van der Waals surface area contributed by atoms with Gasteiger partial charge in [0.25, 0.3) is 0 Å². The van der Waals surface area contributed by atoms with E-state index in [1.165, 1.54) is 11.0 Å². The molecule has 70 heavy (non-hydrogen) atoms. The molecule has 4 N–H and O–H groups in total. The van der Waals surface area contributed by atoms with Crippen LogP contribution in [0.25, 0.3) is 42.6 Å². The first-order valence-electron chi connectivity index (χ1n) is 24.7. The van der Waals surface area contributed by atoms with Crippen LogP contribution in [0.1, 0.15) is 113 Å². The molecule has 3 aliphatic heterocycles. The third-order valence-corrected chi connectivity index (χ3v) is 16.6. The molecule has 2 aliphatic carbocycles. The minimum atomic E-state index is -0.361. The van der Waals surface area contributed by atoms with E-state index in [0.29, 0.717) is 31.0 Å². The molecule has 0 radical (unpaired) electrons. The van der Waals surface area contributed by atoms with Crippen molar-refractivity contribution in [1.29, 1.82) is 0 Å². The van der Waals surface area contributed by atoms with Gasteiger partial charge in [0.2, 0.25) is 0 Å². The average molecular weight is 1010 g/mol. The molecule has 2 spiro atoms. The third-order valence-electron chi connectivity index (χ3n) is 15.9. The molecule has 5 aliphatic rings. The summed E-state index contributed by atoms with van der Waals surface area (Å²) in [4.78, 5) is 7.37. The number of nitrogen functional groups attached to an aromatic ring is 2. The predicted molar refractivity (Wildman–Crippen MR) is 284 cm³/mol. The van der Waals surface area contributed by atoms with Crippen molar-refractivity contribution in [3.63, 3.8) is 0 Å². The topological polar surface area (TPSA) is 126 Å². The van der Waals surface area contributed by atoms with E-state index in [0.717, 1.165) is 136 Å². The number of nitrogens with two attached hydrogens (primary N) is 2. The SMILES string of the molecule is Cc1c(N)cccc1B1OC(C)(C)C(C)(C)O1.[C-]#[N+]c1cc2c(-c3cccc(N)c3C)cn(C3CCC4(CC3)OCCO4)c2cc1C.[C-]#[N+]c1cc2c(Br)cn(C3CCC4(CC3)OCCO4)c2cc1C. The van der Waals surface area contributed by atoms with Gasteiger partial charge in [-0.15, -0.1) is 0 Å². The number of nitrogens with zero attached hydrogens (tertiary/aromatic N) is 4. The number of ether oxygens (including phenoxy) is 4. The van der Waals surface area contributed by atoms with Crippen LogP contribution in [0.5, 0.6) is 0 Å². The zero-order valence-electron chi connectivity index (χ0n) is 41.9. The monoisotopic (exact) mass is 1010 g/mol. The minimum Gasteiger partial charge on any atom is -0.399 e. The van der Waals surface area contributed by atoms with Crippen LogP contribution in [-0.4, -0.2) is 65.5 Å². The molecule has 2 saturated carbocycles. The summed E-state index contributed by atoms with van der Waals surface area (Å²) in [5.74, 6) is -0.677. The molecule has 5 heterocycles. The van der Waals surface area contributed by atoms with Crippen LogP contribution in [0, 0.1) is 40.8 Å². The fourth-order valence-corrected chi connectivity index (χ4v) is 11.4. The van der Waals surface area contributed by atoms with Gasteiger partial charge in [0, 0.05) is 88.0 Å². The van der Waals surface area contributed by atoms with Crippen molar-refractivity contribution in [2.75, 3.05) is 37.9 Å². The summed E-state index contributed by atoms with van der Waals surface area (Å²) in [7, 11) is -0.330. The zero-order valence-corrected chi connectivity index (χ0v) is 43.5. The molecular formula is C56H66BBrN6O6. The van der Waals surface area contributed by atoms with Crippen LogP contribution in [0.4, 0.5) is 22.7 Å². The summed E-state index contributed by atoms with van der Waals surface area (Å²) in [5.41, 5.74) is 24.4. The lowest BCUT2D eigenvalue weighted by Crippen LogP contribution is -2.41. The lowest BCUT2D eigenvalue weighted by molar-refractivity contribution is -0.181. The number of hydrogen-bond donors (Lipinski definition) is 2. The number of anilines is 2. The summed E-state index contributed by atoms with van der Waals surface area (Å²) < 4.78 is 41.4. The van der Waals surface area contributed by atoms with Gasteiger partial charge in [-0.25, -0.2) is 9.69 Å². The molecule has 0 bridgehead atoms. The van der Waals surface area contributed by atoms with Gasteiger partial charge in [-0.3, -0.25) is 0 Å². The Morgan fingerprint density at radius 2 is 1.04 bits per heavy atom. The summed E-state index contributed by atoms with van der Waals surface area (Å²) in [6.07, 6.45) is 12.3. The molecule has 12 nitrogen and oxygen atoms in total. The van der Waals surface area contributed by atoms with E-state index in [-0.39, 0.29) is 29.9 Å². The number of rotatable bonds is 4. The van der Waals surface area contributed by atoms with E-state index in [9.17, 15) is 0 Å². The Hall–Kier alpha value is -5.16. The minimum absolute atomic E-state index is 0.311. The highest BCUT2D eigenvalue weighted by molar-refractivity contribution is 9.10. The van der Waals surface area contributed by atoms with Gasteiger partial charge in [0.1, 0.15) is 0 Å². The molecule has 14 heteroatoms. The maximum absolute atomic E-state index is 7.58. The Balaban J connectivity index is 0.000000136. The summed E-state index contributed by atoms with van der Waals surface area (Å²) in [5, 5.41) is 2.24. The van der Waals surface area contributed by atoms with Gasteiger partial charge in [-0.1, -0.05) is 24.3 Å². The second-order valence-electron chi connectivity index (χ2n) is 20.7. The van der Waals surface area contributed by atoms with Gasteiger partial charge in [-0.05, 0) is 172 Å². The Kier molecular flexibility index (Phi) is 13.8. The van der Waals surface area contributed by atoms with Crippen molar-refractivity contribution in [3.8, 4) is 11.1 Å². The van der Waals surface area contributed by atoms with Gasteiger partial charge in [0.05, 0.1) is 50.8 Å². The van der Waals surface area contributed by atoms with Gasteiger partial charge in [0.15, 0.2) is 22.9 Å². The fourth-order valence-electron chi connectivity index (χ4n) is 10.9. The lowest BCUT2D eigenvalue weighted by atomic mass is 9.76. The molecule has 5 fully saturated rings. The normalized spacial score (nSPS) is 21.1. The Morgan fingerprint density at radius 1 is 0.600 bits per heavy atom. The molecule has 0 unspecified atom stereocenters. The molecule has 0 atom stereocenters. The second-order valence-corrected chi connectivity index (χ2v) is 21.6. The highest BCUT2D eigenvalue weighted by atomic mass is 79.9. The summed E-state index contributed by atoms with van der Waals surface area (Å²) in [6.45, 7) is 34.0.